The fourth-order valence-electron chi connectivity index (χ4n) is 3.66. The van der Waals surface area contributed by atoms with Crippen molar-refractivity contribution in [2.45, 2.75) is 0 Å². The van der Waals surface area contributed by atoms with Gasteiger partial charge in [0.15, 0.2) is 5.78 Å². The molecule has 5 heteroatoms. The van der Waals surface area contributed by atoms with Gasteiger partial charge in [-0.3, -0.25) is 4.79 Å². The Morgan fingerprint density at radius 2 is 1.63 bits per heavy atom. The Labute approximate surface area is 176 Å². The number of nitrogens with zero attached hydrogens (tertiary/aromatic N) is 2. The van der Waals surface area contributed by atoms with Crippen LogP contribution in [0.25, 0.3) is 33.3 Å². The summed E-state index contributed by atoms with van der Waals surface area (Å²) in [6.07, 6.45) is 1.74. The molecule has 0 atom stereocenters. The first-order valence-electron chi connectivity index (χ1n) is 9.19. The van der Waals surface area contributed by atoms with Gasteiger partial charge in [0.05, 0.1) is 4.70 Å². The van der Waals surface area contributed by atoms with Crippen LogP contribution < -0.4 is 0 Å². The van der Waals surface area contributed by atoms with E-state index in [-0.39, 0.29) is 11.4 Å². The number of hydrogen-bond acceptors (Lipinski definition) is 5. The Morgan fingerprint density at radius 1 is 0.933 bits per heavy atom. The molecule has 0 unspecified atom stereocenters. The zero-order chi connectivity index (χ0) is 20.7. The molecule has 0 saturated heterocycles. The van der Waals surface area contributed by atoms with Crippen molar-refractivity contribution in [3.05, 3.63) is 93.9 Å². The van der Waals surface area contributed by atoms with Crippen LogP contribution in [0.5, 0.6) is 0 Å². The normalized spacial score (nSPS) is 14.0. The highest BCUT2D eigenvalue weighted by Crippen LogP contribution is 2.41. The van der Waals surface area contributed by atoms with E-state index in [1.165, 1.54) is 11.3 Å². The molecule has 30 heavy (non-hydrogen) atoms. The van der Waals surface area contributed by atoms with Crippen LogP contribution in [0.1, 0.15) is 20.8 Å². The number of carbonyl (C=O) groups excluding carboxylic acids is 1. The van der Waals surface area contributed by atoms with Crippen LogP contribution in [0.3, 0.4) is 0 Å². The predicted molar refractivity (Wildman–Crippen MR) is 116 cm³/mol. The van der Waals surface area contributed by atoms with E-state index in [0.29, 0.717) is 22.3 Å². The molecule has 2 aromatic heterocycles. The van der Waals surface area contributed by atoms with Crippen molar-refractivity contribution in [1.82, 2.24) is 0 Å². The molecule has 0 spiro atoms. The van der Waals surface area contributed by atoms with Crippen LogP contribution in [0.15, 0.2) is 82.3 Å². The Kier molecular flexibility index (Phi) is 4.17. The quantitative estimate of drug-likeness (QED) is 0.292. The number of rotatable bonds is 2. The number of ketones is 1. The third-order valence-electron chi connectivity index (χ3n) is 5.00. The highest BCUT2D eigenvalue weighted by atomic mass is 32.1. The minimum Gasteiger partial charge on any atom is -0.455 e. The van der Waals surface area contributed by atoms with E-state index in [2.05, 4.69) is 0 Å². The number of thiophene rings is 1. The van der Waals surface area contributed by atoms with Crippen molar-refractivity contribution in [3.8, 4) is 23.5 Å². The Balaban J connectivity index is 1.62. The second kappa shape index (κ2) is 7.00. The van der Waals surface area contributed by atoms with E-state index in [9.17, 15) is 15.3 Å². The van der Waals surface area contributed by atoms with Crippen molar-refractivity contribution in [1.29, 1.82) is 10.5 Å². The molecule has 5 rings (SSSR count). The van der Waals surface area contributed by atoms with Crippen LogP contribution in [0, 0.1) is 22.7 Å². The number of fused-ring (bicyclic) bond motifs is 2. The number of benzene rings is 2. The zero-order valence-corrected chi connectivity index (χ0v) is 16.4. The Hall–Kier alpha value is -4.19. The number of furan rings is 1. The largest absolute Gasteiger partial charge is 0.455 e. The van der Waals surface area contributed by atoms with Gasteiger partial charge in [-0.25, -0.2) is 0 Å². The molecule has 140 valence electrons. The molecule has 0 radical (unpaired) electrons. The highest BCUT2D eigenvalue weighted by Gasteiger charge is 2.32. The first kappa shape index (κ1) is 17.9. The SMILES string of the molecule is N#CC(C#N)=C1/C(=C/c2cc3oc(-c4ccccc4)cc3s2)C(=O)c2ccccc21. The minimum absolute atomic E-state index is 0.0637. The summed E-state index contributed by atoms with van der Waals surface area (Å²) in [7, 11) is 0. The van der Waals surface area contributed by atoms with Crippen LogP contribution in [0.4, 0.5) is 0 Å². The fraction of sp³-hybridized carbons (Fsp3) is 0. The van der Waals surface area contributed by atoms with Crippen LogP contribution in [-0.2, 0) is 0 Å². The van der Waals surface area contributed by atoms with Crippen LogP contribution in [-0.4, -0.2) is 5.78 Å². The number of Topliss-reactive ketones (excluding diaryl/α,β-unsaturated/α-hetero) is 1. The van der Waals surface area contributed by atoms with Crippen molar-refractivity contribution in [3.63, 3.8) is 0 Å². The molecule has 0 bridgehead atoms. The summed E-state index contributed by atoms with van der Waals surface area (Å²) < 4.78 is 6.95. The molecule has 0 N–H and O–H groups in total. The summed E-state index contributed by atoms with van der Waals surface area (Å²) in [5, 5.41) is 18.8. The predicted octanol–water partition coefficient (Wildman–Crippen LogP) is 6.24. The molecule has 0 saturated carbocycles. The second-order valence-corrected chi connectivity index (χ2v) is 7.88. The topological polar surface area (TPSA) is 77.8 Å². The molecule has 2 aromatic carbocycles. The first-order chi connectivity index (χ1) is 14.7. The first-order valence-corrected chi connectivity index (χ1v) is 10.0. The van der Waals surface area contributed by atoms with Crippen LogP contribution in [0.2, 0.25) is 0 Å². The van der Waals surface area contributed by atoms with E-state index in [1.807, 2.05) is 54.6 Å². The lowest BCUT2D eigenvalue weighted by Crippen LogP contribution is -1.95. The lowest BCUT2D eigenvalue weighted by molar-refractivity contribution is 0.104. The second-order valence-electron chi connectivity index (χ2n) is 6.76. The maximum atomic E-state index is 13.0. The smallest absolute Gasteiger partial charge is 0.194 e. The monoisotopic (exact) mass is 404 g/mol. The lowest BCUT2D eigenvalue weighted by Gasteiger charge is -2.01. The molecular weight excluding hydrogens is 392 g/mol. The summed E-state index contributed by atoms with van der Waals surface area (Å²) in [4.78, 5) is 13.8. The van der Waals surface area contributed by atoms with E-state index in [4.69, 9.17) is 4.42 Å². The zero-order valence-electron chi connectivity index (χ0n) is 15.5. The molecule has 0 aliphatic heterocycles. The molecule has 4 nitrogen and oxygen atoms in total. The van der Waals surface area contributed by atoms with Crippen molar-refractivity contribution in [2.24, 2.45) is 0 Å². The standard InChI is InChI=1S/C25H12N2O2S/c26-13-16(14-27)24-18-8-4-5-9-19(18)25(28)20(24)10-17-11-22-23(30-17)12-21(29-22)15-6-2-1-3-7-15/h1-12H/b20-10-. The average Bonchev–Trinajstić information content (AvgIpc) is 3.42. The summed E-state index contributed by atoms with van der Waals surface area (Å²) >= 11 is 1.50. The van der Waals surface area contributed by atoms with Gasteiger partial charge < -0.3 is 4.42 Å². The average molecular weight is 404 g/mol. The molecule has 1 aliphatic carbocycles. The molecule has 1 aliphatic rings. The highest BCUT2D eigenvalue weighted by molar-refractivity contribution is 7.19. The van der Waals surface area contributed by atoms with Gasteiger partial charge in [-0.05, 0) is 17.7 Å². The van der Waals surface area contributed by atoms with Gasteiger partial charge in [0.1, 0.15) is 29.1 Å². The van der Waals surface area contributed by atoms with Gasteiger partial charge >= 0.3 is 0 Å². The van der Waals surface area contributed by atoms with Crippen molar-refractivity contribution in [2.75, 3.05) is 0 Å². The van der Waals surface area contributed by atoms with E-state index in [0.717, 1.165) is 26.5 Å². The van der Waals surface area contributed by atoms with Gasteiger partial charge in [0.25, 0.3) is 0 Å². The summed E-state index contributed by atoms with van der Waals surface area (Å²) in [6, 6.07) is 24.6. The third-order valence-corrected chi connectivity index (χ3v) is 6.01. The van der Waals surface area contributed by atoms with Gasteiger partial charge in [-0.2, -0.15) is 10.5 Å². The number of allylic oxidation sites excluding steroid dienone is 3. The Morgan fingerprint density at radius 3 is 2.33 bits per heavy atom. The van der Waals surface area contributed by atoms with E-state index in [1.54, 1.807) is 30.3 Å². The Bertz CT molecular complexity index is 1420. The summed E-state index contributed by atoms with van der Waals surface area (Å²) in [5.74, 6) is 0.607. The molecular formula is C25H12N2O2S. The molecule has 2 heterocycles. The third kappa shape index (κ3) is 2.78. The van der Waals surface area contributed by atoms with Gasteiger partial charge in [0, 0.05) is 33.2 Å². The number of hydrogen-bond donors (Lipinski definition) is 0. The van der Waals surface area contributed by atoms with Crippen molar-refractivity contribution < 1.29 is 9.21 Å². The lowest BCUT2D eigenvalue weighted by atomic mass is 9.99. The van der Waals surface area contributed by atoms with Gasteiger partial charge in [-0.15, -0.1) is 11.3 Å². The molecule has 0 amide bonds. The van der Waals surface area contributed by atoms with E-state index >= 15 is 0 Å². The maximum Gasteiger partial charge on any atom is 0.194 e. The van der Waals surface area contributed by atoms with Crippen molar-refractivity contribution >= 4 is 39.1 Å². The molecule has 0 fully saturated rings. The molecule has 4 aromatic rings. The van der Waals surface area contributed by atoms with E-state index < -0.39 is 0 Å². The number of carbonyl (C=O) groups is 1. The van der Waals surface area contributed by atoms with Crippen LogP contribution >= 0.6 is 11.3 Å². The number of nitriles is 2. The van der Waals surface area contributed by atoms with Gasteiger partial charge in [0.2, 0.25) is 0 Å². The fourth-order valence-corrected chi connectivity index (χ4v) is 4.62. The maximum absolute atomic E-state index is 13.0. The summed E-state index contributed by atoms with van der Waals surface area (Å²) in [6.45, 7) is 0. The van der Waals surface area contributed by atoms with Gasteiger partial charge in [-0.1, -0.05) is 54.6 Å². The summed E-state index contributed by atoms with van der Waals surface area (Å²) in [5.41, 5.74) is 3.56. The minimum atomic E-state index is -0.182.